The molecule has 3 atom stereocenters. The minimum atomic E-state index is -0.292. The number of amides is 1. The molecule has 1 saturated carbocycles. The highest BCUT2D eigenvalue weighted by atomic mass is 16.3. The van der Waals surface area contributed by atoms with Gasteiger partial charge in [-0.3, -0.25) is 14.4 Å². The summed E-state index contributed by atoms with van der Waals surface area (Å²) in [4.78, 5) is 39.6. The van der Waals surface area contributed by atoms with Gasteiger partial charge in [0.25, 0.3) is 5.91 Å². The Kier molecular flexibility index (Phi) is 5.92. The molecule has 1 fully saturated rings. The second kappa shape index (κ2) is 8.63. The first-order chi connectivity index (χ1) is 14.9. The van der Waals surface area contributed by atoms with Crippen molar-refractivity contribution in [3.63, 3.8) is 0 Å². The van der Waals surface area contributed by atoms with Crippen molar-refractivity contribution in [3.05, 3.63) is 64.2 Å². The molecule has 1 amide bonds. The lowest BCUT2D eigenvalue weighted by Gasteiger charge is -2.34. The molecular weight excluding hydrogens is 392 g/mol. The number of aliphatic hydroxyl groups is 1. The van der Waals surface area contributed by atoms with Gasteiger partial charge in [0.1, 0.15) is 0 Å². The first kappa shape index (κ1) is 21.2. The maximum atomic E-state index is 13.3. The summed E-state index contributed by atoms with van der Waals surface area (Å²) in [5.74, 6) is 0.0942. The van der Waals surface area contributed by atoms with Gasteiger partial charge in [-0.1, -0.05) is 51.0 Å². The second-order valence-corrected chi connectivity index (χ2v) is 8.61. The highest BCUT2D eigenvalue weighted by molar-refractivity contribution is 6.31. The Hall–Kier alpha value is -2.99. The van der Waals surface area contributed by atoms with Crippen LogP contribution >= 0.6 is 0 Å². The zero-order chi connectivity index (χ0) is 22.1. The van der Waals surface area contributed by atoms with Crippen molar-refractivity contribution in [2.24, 2.45) is 11.8 Å². The van der Waals surface area contributed by atoms with E-state index in [2.05, 4.69) is 24.5 Å². The van der Waals surface area contributed by atoms with Crippen LogP contribution in [0.1, 0.15) is 75.3 Å². The average molecular weight is 421 g/mol. The lowest BCUT2D eigenvalue weighted by Crippen LogP contribution is -2.44. The molecule has 2 aliphatic rings. The summed E-state index contributed by atoms with van der Waals surface area (Å²) in [7, 11) is 0. The molecule has 162 valence electrons. The maximum Gasteiger partial charge on any atom is 0.253 e. The van der Waals surface area contributed by atoms with E-state index in [-0.39, 0.29) is 47.8 Å². The molecule has 6 heteroatoms. The minimum Gasteiger partial charge on any atom is -0.395 e. The fourth-order valence-electron chi connectivity index (χ4n) is 4.77. The van der Waals surface area contributed by atoms with E-state index < -0.39 is 0 Å². The van der Waals surface area contributed by atoms with Crippen molar-refractivity contribution >= 4 is 23.2 Å². The number of hydrogen-bond acceptors (Lipinski definition) is 5. The molecule has 2 aromatic carbocycles. The van der Waals surface area contributed by atoms with E-state index in [0.717, 1.165) is 19.3 Å². The van der Waals surface area contributed by atoms with Crippen molar-refractivity contribution in [1.29, 1.82) is 0 Å². The second-order valence-electron chi connectivity index (χ2n) is 8.61. The van der Waals surface area contributed by atoms with Gasteiger partial charge >= 0.3 is 0 Å². The lowest BCUT2D eigenvalue weighted by atomic mass is 9.78. The first-order valence-electron chi connectivity index (χ1n) is 10.9. The number of carbonyl (C=O) groups is 3. The highest BCUT2D eigenvalue weighted by Gasteiger charge is 2.34. The lowest BCUT2D eigenvalue weighted by molar-refractivity contribution is 0.0891. The van der Waals surface area contributed by atoms with Gasteiger partial charge in [0, 0.05) is 29.3 Å². The van der Waals surface area contributed by atoms with Crippen molar-refractivity contribution in [3.8, 4) is 0 Å². The molecule has 0 bridgehead atoms. The molecule has 6 nitrogen and oxygen atoms in total. The summed E-state index contributed by atoms with van der Waals surface area (Å²) in [6.07, 6.45) is 3.15. The van der Waals surface area contributed by atoms with Crippen LogP contribution in [0.15, 0.2) is 36.4 Å². The molecule has 2 aliphatic carbocycles. The molecule has 31 heavy (non-hydrogen) atoms. The van der Waals surface area contributed by atoms with Crippen molar-refractivity contribution < 1.29 is 19.5 Å². The van der Waals surface area contributed by atoms with Gasteiger partial charge in [-0.15, -0.1) is 0 Å². The monoisotopic (exact) mass is 420 g/mol. The van der Waals surface area contributed by atoms with Crippen molar-refractivity contribution in [1.82, 2.24) is 5.32 Å². The molecule has 0 aliphatic heterocycles. The molecule has 3 N–H and O–H groups in total. The van der Waals surface area contributed by atoms with Crippen LogP contribution in [0.2, 0.25) is 0 Å². The number of anilines is 1. The number of rotatable bonds is 5. The molecule has 4 rings (SSSR count). The van der Waals surface area contributed by atoms with Crippen LogP contribution in [0.5, 0.6) is 0 Å². The van der Waals surface area contributed by atoms with E-state index in [1.807, 2.05) is 0 Å². The maximum absolute atomic E-state index is 13.3. The SMILES string of the molecule is C[C@@H]1[C@H](C)CCC[C@H]1NC(=O)c1ccc2c(c1NCCO)C(=O)c1ccccc1C2=O. The Bertz CT molecular complexity index is 1050. The van der Waals surface area contributed by atoms with Crippen LogP contribution in [0, 0.1) is 11.8 Å². The molecular formula is C25H28N2O4. The van der Waals surface area contributed by atoms with Gasteiger partial charge in [-0.25, -0.2) is 0 Å². The number of nitrogens with one attached hydrogen (secondary N) is 2. The topological polar surface area (TPSA) is 95.5 Å². The van der Waals surface area contributed by atoms with Crippen LogP contribution in [-0.4, -0.2) is 41.8 Å². The Morgan fingerprint density at radius 2 is 1.71 bits per heavy atom. The Balaban J connectivity index is 1.75. The van der Waals surface area contributed by atoms with Gasteiger partial charge in [0.15, 0.2) is 11.6 Å². The van der Waals surface area contributed by atoms with Crippen LogP contribution in [0.25, 0.3) is 0 Å². The van der Waals surface area contributed by atoms with E-state index in [9.17, 15) is 19.5 Å². The van der Waals surface area contributed by atoms with Crippen LogP contribution in [-0.2, 0) is 0 Å². The number of aliphatic hydroxyl groups excluding tert-OH is 1. The predicted octanol–water partition coefficient (Wildman–Crippen LogP) is 3.42. The van der Waals surface area contributed by atoms with Gasteiger partial charge in [0.05, 0.1) is 23.4 Å². The van der Waals surface area contributed by atoms with Crippen molar-refractivity contribution in [2.45, 2.75) is 39.2 Å². The Labute approximate surface area is 182 Å². The minimum absolute atomic E-state index is 0.0658. The predicted molar refractivity (Wildman–Crippen MR) is 119 cm³/mol. The first-order valence-corrected chi connectivity index (χ1v) is 10.9. The van der Waals surface area contributed by atoms with E-state index >= 15 is 0 Å². The number of hydrogen-bond donors (Lipinski definition) is 3. The third kappa shape index (κ3) is 3.76. The molecule has 0 spiro atoms. The van der Waals surface area contributed by atoms with E-state index in [1.54, 1.807) is 36.4 Å². The van der Waals surface area contributed by atoms with Crippen LogP contribution < -0.4 is 10.6 Å². The van der Waals surface area contributed by atoms with Crippen LogP contribution in [0.4, 0.5) is 5.69 Å². The van der Waals surface area contributed by atoms with Gasteiger partial charge in [-0.05, 0) is 30.4 Å². The molecule has 0 radical (unpaired) electrons. The fraction of sp³-hybridized carbons (Fsp3) is 0.400. The quantitative estimate of drug-likeness (QED) is 0.588. The number of fused-ring (bicyclic) bond motifs is 2. The summed E-state index contributed by atoms with van der Waals surface area (Å²) in [5.41, 5.74) is 1.82. The third-order valence-electron chi connectivity index (χ3n) is 6.77. The summed E-state index contributed by atoms with van der Waals surface area (Å²) in [6.45, 7) is 4.36. The molecule has 0 saturated heterocycles. The van der Waals surface area contributed by atoms with E-state index in [0.29, 0.717) is 34.2 Å². The number of carbonyl (C=O) groups excluding carboxylic acids is 3. The normalized spacial score (nSPS) is 22.5. The van der Waals surface area contributed by atoms with E-state index in [1.165, 1.54) is 0 Å². The fourth-order valence-corrected chi connectivity index (χ4v) is 4.77. The zero-order valence-electron chi connectivity index (χ0n) is 17.9. The summed E-state index contributed by atoms with van der Waals surface area (Å²) in [5, 5.41) is 15.5. The van der Waals surface area contributed by atoms with Crippen LogP contribution in [0.3, 0.4) is 0 Å². The van der Waals surface area contributed by atoms with Gasteiger partial charge < -0.3 is 15.7 Å². The Morgan fingerprint density at radius 3 is 2.42 bits per heavy atom. The standard InChI is InChI=1S/C25H28N2O4/c1-14-6-5-9-20(15(14)2)27-25(31)19-11-10-18-21(22(19)26-12-13-28)24(30)17-8-4-3-7-16(17)23(18)29/h3-4,7-8,10-11,14-15,20,26,28H,5-6,9,12-13H2,1-2H3,(H,27,31)/t14-,15-,20-/m1/s1. The summed E-state index contributed by atoms with van der Waals surface area (Å²) >= 11 is 0. The van der Waals surface area contributed by atoms with E-state index in [4.69, 9.17) is 0 Å². The molecule has 0 heterocycles. The average Bonchev–Trinajstić information content (AvgIpc) is 2.78. The molecule has 2 aromatic rings. The zero-order valence-corrected chi connectivity index (χ0v) is 17.9. The third-order valence-corrected chi connectivity index (χ3v) is 6.77. The largest absolute Gasteiger partial charge is 0.395 e. The highest BCUT2D eigenvalue weighted by Crippen LogP contribution is 2.35. The summed E-state index contributed by atoms with van der Waals surface area (Å²) < 4.78 is 0. The Morgan fingerprint density at radius 1 is 1.00 bits per heavy atom. The van der Waals surface area contributed by atoms with Gasteiger partial charge in [0.2, 0.25) is 0 Å². The number of ketones is 2. The summed E-state index contributed by atoms with van der Waals surface area (Å²) in [6, 6.07) is 9.96. The number of benzene rings is 2. The smallest absolute Gasteiger partial charge is 0.253 e. The van der Waals surface area contributed by atoms with Gasteiger partial charge in [-0.2, -0.15) is 0 Å². The molecule has 0 aromatic heterocycles. The van der Waals surface area contributed by atoms with Crippen molar-refractivity contribution in [2.75, 3.05) is 18.5 Å². The molecule has 0 unspecified atom stereocenters.